The molecule has 0 aromatic heterocycles. The van der Waals surface area contributed by atoms with Gasteiger partial charge < -0.3 is 14.2 Å². The van der Waals surface area contributed by atoms with Gasteiger partial charge in [0.2, 0.25) is 0 Å². The van der Waals surface area contributed by atoms with E-state index in [2.05, 4.69) is 0 Å². The van der Waals surface area contributed by atoms with Crippen LogP contribution in [0.2, 0.25) is 5.02 Å². The second-order valence-corrected chi connectivity index (χ2v) is 7.60. The van der Waals surface area contributed by atoms with Gasteiger partial charge in [0.15, 0.2) is 6.79 Å². The molecule has 134 valence electrons. The number of esters is 1. The first kappa shape index (κ1) is 16.9. The van der Waals surface area contributed by atoms with E-state index >= 15 is 0 Å². The molecule has 6 heteroatoms. The van der Waals surface area contributed by atoms with E-state index in [9.17, 15) is 9.59 Å². The van der Waals surface area contributed by atoms with Crippen LogP contribution in [-0.4, -0.2) is 18.5 Å². The summed E-state index contributed by atoms with van der Waals surface area (Å²) >= 11 is 6.14. The maximum Gasteiger partial charge on any atom is 0.309 e. The fraction of sp³-hybridized carbons (Fsp3) is 0.579. The quantitative estimate of drug-likeness (QED) is 0.766. The van der Waals surface area contributed by atoms with Crippen molar-refractivity contribution in [3.05, 3.63) is 28.3 Å². The molecular formula is C19H21ClO5. The summed E-state index contributed by atoms with van der Waals surface area (Å²) in [5.41, 5.74) is 1.62. The van der Waals surface area contributed by atoms with E-state index in [1.54, 1.807) is 12.1 Å². The zero-order chi connectivity index (χ0) is 17.4. The van der Waals surface area contributed by atoms with E-state index < -0.39 is 0 Å². The zero-order valence-corrected chi connectivity index (χ0v) is 14.7. The lowest BCUT2D eigenvalue weighted by Gasteiger charge is -2.36. The van der Waals surface area contributed by atoms with E-state index in [0.717, 1.165) is 30.4 Å². The van der Waals surface area contributed by atoms with E-state index in [1.165, 1.54) is 0 Å². The number of halogens is 1. The third-order valence-electron chi connectivity index (χ3n) is 5.50. The van der Waals surface area contributed by atoms with Crippen LogP contribution >= 0.6 is 11.6 Å². The van der Waals surface area contributed by atoms with Crippen molar-refractivity contribution in [2.24, 2.45) is 17.8 Å². The summed E-state index contributed by atoms with van der Waals surface area (Å²) in [7, 11) is 0. The Balaban J connectivity index is 1.43. The highest BCUT2D eigenvalue weighted by atomic mass is 35.5. The molecule has 0 amide bonds. The molecule has 25 heavy (non-hydrogen) atoms. The monoisotopic (exact) mass is 364 g/mol. The molecule has 5 nitrogen and oxygen atoms in total. The second-order valence-electron chi connectivity index (χ2n) is 7.17. The van der Waals surface area contributed by atoms with Crippen LogP contribution in [-0.2, 0) is 32.3 Å². The summed E-state index contributed by atoms with van der Waals surface area (Å²) in [6, 6.07) is 3.56. The van der Waals surface area contributed by atoms with Crippen molar-refractivity contribution in [3.63, 3.8) is 0 Å². The lowest BCUT2D eigenvalue weighted by atomic mass is 9.67. The molecule has 0 spiro atoms. The largest absolute Gasteiger partial charge is 0.467 e. The number of carbonyl (C=O) groups is 2. The van der Waals surface area contributed by atoms with Gasteiger partial charge in [0, 0.05) is 28.0 Å². The van der Waals surface area contributed by atoms with Crippen molar-refractivity contribution in [2.45, 2.75) is 45.3 Å². The predicted octanol–water partition coefficient (Wildman–Crippen LogP) is 3.65. The van der Waals surface area contributed by atoms with Crippen LogP contribution in [0.1, 0.15) is 43.2 Å². The highest BCUT2D eigenvalue weighted by molar-refractivity contribution is 6.30. The third-order valence-corrected chi connectivity index (χ3v) is 5.72. The van der Waals surface area contributed by atoms with Gasteiger partial charge in [-0.1, -0.05) is 18.0 Å². The molecular weight excluding hydrogens is 344 g/mol. The lowest BCUT2D eigenvalue weighted by Crippen LogP contribution is -2.39. The number of Topliss-reactive ketones (excluding diaryl/α,β-unsaturated/α-hetero) is 1. The number of benzene rings is 1. The maximum atomic E-state index is 12.5. The molecule has 3 aliphatic rings. The molecule has 1 aromatic rings. The molecule has 1 aliphatic heterocycles. The van der Waals surface area contributed by atoms with Crippen molar-refractivity contribution in [1.29, 1.82) is 0 Å². The number of fused-ring (bicyclic) bond motifs is 3. The second kappa shape index (κ2) is 6.96. The van der Waals surface area contributed by atoms with Gasteiger partial charge in [0.25, 0.3) is 0 Å². The zero-order valence-electron chi connectivity index (χ0n) is 14.0. The van der Waals surface area contributed by atoms with E-state index in [1.807, 2.05) is 0 Å². The molecule has 2 aliphatic carbocycles. The van der Waals surface area contributed by atoms with Gasteiger partial charge in [-0.2, -0.15) is 0 Å². The fourth-order valence-corrected chi connectivity index (χ4v) is 4.57. The predicted molar refractivity (Wildman–Crippen MR) is 90.1 cm³/mol. The highest BCUT2D eigenvalue weighted by Crippen LogP contribution is 2.40. The molecule has 1 aromatic carbocycles. The SMILES string of the molecule is O=C(OCc1cc(Cl)cc2c1OCOC2)C1CC2CCCC(C1)C2=O. The van der Waals surface area contributed by atoms with E-state index in [-0.39, 0.29) is 37.1 Å². The number of carbonyl (C=O) groups excluding carboxylic acids is 2. The number of rotatable bonds is 3. The van der Waals surface area contributed by atoms with Gasteiger partial charge in [-0.3, -0.25) is 9.59 Å². The molecule has 0 N–H and O–H groups in total. The molecule has 2 unspecified atom stereocenters. The lowest BCUT2D eigenvalue weighted by molar-refractivity contribution is -0.154. The summed E-state index contributed by atoms with van der Waals surface area (Å²) in [6.45, 7) is 0.746. The number of ketones is 1. The van der Waals surface area contributed by atoms with Crippen molar-refractivity contribution in [3.8, 4) is 5.75 Å². The van der Waals surface area contributed by atoms with Crippen molar-refractivity contribution < 1.29 is 23.8 Å². The Bertz CT molecular complexity index is 685. The smallest absolute Gasteiger partial charge is 0.309 e. The van der Waals surface area contributed by atoms with Gasteiger partial charge in [-0.15, -0.1) is 0 Å². The summed E-state index contributed by atoms with van der Waals surface area (Å²) < 4.78 is 16.4. The first-order chi connectivity index (χ1) is 12.1. The minimum atomic E-state index is -0.217. The van der Waals surface area contributed by atoms with Crippen LogP contribution in [0.3, 0.4) is 0 Å². The first-order valence-electron chi connectivity index (χ1n) is 8.84. The summed E-state index contributed by atoms with van der Waals surface area (Å²) in [4.78, 5) is 24.7. The molecule has 0 radical (unpaired) electrons. The van der Waals surface area contributed by atoms with Crippen LogP contribution in [0.15, 0.2) is 12.1 Å². The van der Waals surface area contributed by atoms with Crippen molar-refractivity contribution >= 4 is 23.4 Å². The number of ether oxygens (including phenoxy) is 3. The van der Waals surface area contributed by atoms with Crippen LogP contribution < -0.4 is 4.74 Å². The van der Waals surface area contributed by atoms with E-state index in [0.29, 0.717) is 36.0 Å². The summed E-state index contributed by atoms with van der Waals surface area (Å²) in [5.74, 6) is 0.748. The molecule has 2 fully saturated rings. The Morgan fingerprint density at radius 1 is 1.24 bits per heavy atom. The van der Waals surface area contributed by atoms with Crippen LogP contribution in [0.25, 0.3) is 0 Å². The minimum absolute atomic E-state index is 0.0458. The third kappa shape index (κ3) is 3.40. The van der Waals surface area contributed by atoms with Crippen molar-refractivity contribution in [1.82, 2.24) is 0 Å². The van der Waals surface area contributed by atoms with Crippen LogP contribution in [0, 0.1) is 17.8 Å². The molecule has 0 saturated heterocycles. The Morgan fingerprint density at radius 2 is 2.00 bits per heavy atom. The fourth-order valence-electron chi connectivity index (χ4n) is 4.30. The average molecular weight is 365 g/mol. The van der Waals surface area contributed by atoms with Gasteiger partial charge in [0.05, 0.1) is 12.5 Å². The van der Waals surface area contributed by atoms with Gasteiger partial charge >= 0.3 is 5.97 Å². The summed E-state index contributed by atoms with van der Waals surface area (Å²) in [6.07, 6.45) is 4.18. The Morgan fingerprint density at radius 3 is 2.76 bits per heavy atom. The first-order valence-corrected chi connectivity index (χ1v) is 9.22. The number of hydrogen-bond donors (Lipinski definition) is 0. The Hall–Kier alpha value is -1.59. The van der Waals surface area contributed by atoms with Gasteiger partial charge in [-0.05, 0) is 37.8 Å². The average Bonchev–Trinajstić information content (AvgIpc) is 2.59. The topological polar surface area (TPSA) is 61.8 Å². The molecule has 2 saturated carbocycles. The molecule has 1 heterocycles. The Kier molecular flexibility index (Phi) is 4.69. The Labute approximate surface area is 151 Å². The van der Waals surface area contributed by atoms with Gasteiger partial charge in [-0.25, -0.2) is 0 Å². The molecule has 2 bridgehead atoms. The van der Waals surface area contributed by atoms with Crippen LogP contribution in [0.5, 0.6) is 5.75 Å². The molecule has 2 atom stereocenters. The molecule has 4 rings (SSSR count). The maximum absolute atomic E-state index is 12.5. The minimum Gasteiger partial charge on any atom is -0.467 e. The van der Waals surface area contributed by atoms with Crippen LogP contribution in [0.4, 0.5) is 0 Å². The summed E-state index contributed by atoms with van der Waals surface area (Å²) in [5, 5.41) is 0.566. The highest BCUT2D eigenvalue weighted by Gasteiger charge is 2.41. The number of hydrogen-bond acceptors (Lipinski definition) is 5. The van der Waals surface area contributed by atoms with E-state index in [4.69, 9.17) is 25.8 Å². The van der Waals surface area contributed by atoms with Crippen molar-refractivity contribution in [2.75, 3.05) is 6.79 Å². The van der Waals surface area contributed by atoms with Gasteiger partial charge in [0.1, 0.15) is 18.1 Å². The standard InChI is InChI=1S/C19H21ClO5/c20-16-6-14-8-23-10-25-18(14)15(7-16)9-24-19(22)13-4-11-2-1-3-12(5-13)17(11)21/h6-7,11-13H,1-5,8-10H2. The normalized spacial score (nSPS) is 28.0.